The van der Waals surface area contributed by atoms with Crippen molar-refractivity contribution in [3.8, 4) is 0 Å². The van der Waals surface area contributed by atoms with Gasteiger partial charge < -0.3 is 15.7 Å². The number of benzene rings is 1. The van der Waals surface area contributed by atoms with Crippen LogP contribution < -0.4 is 10.6 Å². The molecule has 2 aromatic rings. The molecule has 138 valence electrons. The van der Waals surface area contributed by atoms with Gasteiger partial charge in [-0.25, -0.2) is 0 Å². The lowest BCUT2D eigenvalue weighted by molar-refractivity contribution is -0.124. The summed E-state index contributed by atoms with van der Waals surface area (Å²) in [4.78, 5) is 29.2. The minimum Gasteiger partial charge on any atom is -0.394 e. The lowest BCUT2D eigenvalue weighted by atomic mass is 9.89. The van der Waals surface area contributed by atoms with E-state index in [-0.39, 0.29) is 5.91 Å². The van der Waals surface area contributed by atoms with E-state index in [9.17, 15) is 14.7 Å². The van der Waals surface area contributed by atoms with Crippen molar-refractivity contribution in [2.75, 3.05) is 13.2 Å². The van der Waals surface area contributed by atoms with Gasteiger partial charge in [0.05, 0.1) is 17.7 Å². The van der Waals surface area contributed by atoms with Gasteiger partial charge in [-0.15, -0.1) is 0 Å². The quantitative estimate of drug-likeness (QED) is 0.739. The fourth-order valence-electron chi connectivity index (χ4n) is 3.48. The molecule has 6 nitrogen and oxygen atoms in total. The first kappa shape index (κ1) is 18.3. The Labute approximate surface area is 153 Å². The predicted octanol–water partition coefficient (Wildman–Crippen LogP) is 2.02. The van der Waals surface area contributed by atoms with E-state index in [0.29, 0.717) is 28.9 Å². The average molecular weight is 355 g/mol. The largest absolute Gasteiger partial charge is 0.394 e. The van der Waals surface area contributed by atoms with Crippen molar-refractivity contribution in [1.29, 1.82) is 0 Å². The molecule has 0 aliphatic heterocycles. The molecular formula is C20H25N3O3. The third-order valence-electron chi connectivity index (χ3n) is 4.99. The van der Waals surface area contributed by atoms with E-state index in [4.69, 9.17) is 0 Å². The van der Waals surface area contributed by atoms with Crippen LogP contribution in [0.1, 0.15) is 42.5 Å². The summed E-state index contributed by atoms with van der Waals surface area (Å²) in [5.41, 5.74) is 1.15. The van der Waals surface area contributed by atoms with Gasteiger partial charge in [-0.2, -0.15) is 0 Å². The highest BCUT2D eigenvalue weighted by Crippen LogP contribution is 2.22. The first-order valence-electron chi connectivity index (χ1n) is 9.22. The molecule has 1 aliphatic carbocycles. The number of carbonyl (C=O) groups excluding carboxylic acids is 2. The SMILES string of the molecule is O=C(N[C@@H](CO)C(=O)NCC1CCCCC1)c1ccnc2ccccc12. The summed E-state index contributed by atoms with van der Waals surface area (Å²) in [6, 6.07) is 7.98. The number of hydrogen-bond donors (Lipinski definition) is 3. The molecule has 26 heavy (non-hydrogen) atoms. The second kappa shape index (κ2) is 8.76. The van der Waals surface area contributed by atoms with Crippen molar-refractivity contribution in [1.82, 2.24) is 15.6 Å². The van der Waals surface area contributed by atoms with E-state index in [2.05, 4.69) is 15.6 Å². The Morgan fingerprint density at radius 1 is 1.15 bits per heavy atom. The molecule has 6 heteroatoms. The molecule has 1 atom stereocenters. The lowest BCUT2D eigenvalue weighted by Crippen LogP contribution is -2.49. The van der Waals surface area contributed by atoms with Crippen LogP contribution in [0.4, 0.5) is 0 Å². The first-order chi connectivity index (χ1) is 12.7. The predicted molar refractivity (Wildman–Crippen MR) is 99.7 cm³/mol. The van der Waals surface area contributed by atoms with Crippen molar-refractivity contribution in [2.24, 2.45) is 5.92 Å². The van der Waals surface area contributed by atoms with Crippen LogP contribution in [0.3, 0.4) is 0 Å². The zero-order valence-corrected chi connectivity index (χ0v) is 14.8. The first-order valence-corrected chi connectivity index (χ1v) is 9.22. The number of nitrogens with one attached hydrogen (secondary N) is 2. The number of pyridine rings is 1. The third-order valence-corrected chi connectivity index (χ3v) is 4.99. The van der Waals surface area contributed by atoms with E-state index < -0.39 is 18.6 Å². The highest BCUT2D eigenvalue weighted by Gasteiger charge is 2.23. The van der Waals surface area contributed by atoms with E-state index >= 15 is 0 Å². The molecular weight excluding hydrogens is 330 g/mol. The average Bonchev–Trinajstić information content (AvgIpc) is 2.70. The number of aromatic nitrogens is 1. The Morgan fingerprint density at radius 2 is 1.92 bits per heavy atom. The van der Waals surface area contributed by atoms with Crippen molar-refractivity contribution in [3.05, 3.63) is 42.1 Å². The minimum absolute atomic E-state index is 0.343. The summed E-state index contributed by atoms with van der Waals surface area (Å²) in [6.07, 6.45) is 7.48. The Bertz CT molecular complexity index is 766. The van der Waals surface area contributed by atoms with Crippen LogP contribution in [0.25, 0.3) is 10.9 Å². The molecule has 0 spiro atoms. The van der Waals surface area contributed by atoms with E-state index in [0.717, 1.165) is 12.8 Å². The molecule has 3 rings (SSSR count). The molecule has 1 aromatic heterocycles. The molecule has 2 amide bonds. The van der Waals surface area contributed by atoms with Gasteiger partial charge in [-0.1, -0.05) is 37.5 Å². The summed E-state index contributed by atoms with van der Waals surface area (Å²) >= 11 is 0. The Balaban J connectivity index is 1.63. The molecule has 0 saturated heterocycles. The highest BCUT2D eigenvalue weighted by molar-refractivity contribution is 6.07. The maximum Gasteiger partial charge on any atom is 0.252 e. The molecule has 0 unspecified atom stereocenters. The molecule has 0 radical (unpaired) electrons. The summed E-state index contributed by atoms with van der Waals surface area (Å²) in [6.45, 7) is 0.161. The van der Waals surface area contributed by atoms with E-state index in [1.54, 1.807) is 12.3 Å². The van der Waals surface area contributed by atoms with Crippen LogP contribution in [0.15, 0.2) is 36.5 Å². The Kier molecular flexibility index (Phi) is 6.17. The van der Waals surface area contributed by atoms with Crippen molar-refractivity contribution in [3.63, 3.8) is 0 Å². The summed E-state index contributed by atoms with van der Waals surface area (Å²) < 4.78 is 0. The zero-order chi connectivity index (χ0) is 18.4. The maximum atomic E-state index is 12.6. The number of fused-ring (bicyclic) bond motifs is 1. The van der Waals surface area contributed by atoms with Crippen LogP contribution in [-0.4, -0.2) is 41.1 Å². The number of nitrogens with zero attached hydrogens (tertiary/aromatic N) is 1. The summed E-state index contributed by atoms with van der Waals surface area (Å²) in [5, 5.41) is 15.8. The topological polar surface area (TPSA) is 91.3 Å². The minimum atomic E-state index is -0.960. The highest BCUT2D eigenvalue weighted by atomic mass is 16.3. The van der Waals surface area contributed by atoms with Gasteiger partial charge in [0, 0.05) is 18.1 Å². The maximum absolute atomic E-state index is 12.6. The Hall–Kier alpha value is -2.47. The smallest absolute Gasteiger partial charge is 0.252 e. The molecule has 1 heterocycles. The molecule has 1 saturated carbocycles. The van der Waals surface area contributed by atoms with E-state index in [1.807, 2.05) is 24.3 Å². The van der Waals surface area contributed by atoms with Crippen molar-refractivity contribution in [2.45, 2.75) is 38.1 Å². The van der Waals surface area contributed by atoms with Gasteiger partial charge in [0.2, 0.25) is 5.91 Å². The zero-order valence-electron chi connectivity index (χ0n) is 14.8. The van der Waals surface area contributed by atoms with Crippen LogP contribution >= 0.6 is 0 Å². The molecule has 1 aromatic carbocycles. The van der Waals surface area contributed by atoms with Gasteiger partial charge in [-0.3, -0.25) is 14.6 Å². The Morgan fingerprint density at radius 3 is 2.69 bits per heavy atom. The van der Waals surface area contributed by atoms with Crippen LogP contribution in [0, 0.1) is 5.92 Å². The molecule has 0 bridgehead atoms. The number of amides is 2. The molecule has 1 aliphatic rings. The second-order valence-corrected chi connectivity index (χ2v) is 6.83. The van der Waals surface area contributed by atoms with Crippen LogP contribution in [-0.2, 0) is 4.79 Å². The van der Waals surface area contributed by atoms with Crippen molar-refractivity contribution >= 4 is 22.7 Å². The fraction of sp³-hybridized carbons (Fsp3) is 0.450. The summed E-state index contributed by atoms with van der Waals surface area (Å²) in [7, 11) is 0. The van der Waals surface area contributed by atoms with E-state index in [1.165, 1.54) is 19.3 Å². The number of aliphatic hydroxyl groups excluding tert-OH is 1. The fourth-order valence-corrected chi connectivity index (χ4v) is 3.48. The number of rotatable bonds is 6. The van der Waals surface area contributed by atoms with Gasteiger partial charge in [0.15, 0.2) is 0 Å². The van der Waals surface area contributed by atoms with Gasteiger partial charge in [0.1, 0.15) is 6.04 Å². The lowest BCUT2D eigenvalue weighted by Gasteiger charge is -2.23. The monoisotopic (exact) mass is 355 g/mol. The normalized spacial score (nSPS) is 16.2. The number of aliphatic hydroxyl groups is 1. The van der Waals surface area contributed by atoms with Crippen LogP contribution in [0.2, 0.25) is 0 Å². The van der Waals surface area contributed by atoms with Gasteiger partial charge >= 0.3 is 0 Å². The summed E-state index contributed by atoms with van der Waals surface area (Å²) in [5.74, 6) is -0.243. The standard InChI is InChI=1S/C20H25N3O3/c24-13-18(20(26)22-12-14-6-2-1-3-7-14)23-19(25)16-10-11-21-17-9-5-4-8-15(16)17/h4-5,8-11,14,18,24H,1-3,6-7,12-13H2,(H,22,26)(H,23,25)/t18-/m0/s1. The molecule has 1 fully saturated rings. The molecule has 3 N–H and O–H groups in total. The van der Waals surface area contributed by atoms with Crippen molar-refractivity contribution < 1.29 is 14.7 Å². The number of carbonyl (C=O) groups is 2. The second-order valence-electron chi connectivity index (χ2n) is 6.83. The number of para-hydroxylation sites is 1. The van der Waals surface area contributed by atoms with Gasteiger partial charge in [-0.05, 0) is 30.9 Å². The van der Waals surface area contributed by atoms with Crippen LogP contribution in [0.5, 0.6) is 0 Å². The number of hydrogen-bond acceptors (Lipinski definition) is 4. The third kappa shape index (κ3) is 4.38. The van der Waals surface area contributed by atoms with Gasteiger partial charge in [0.25, 0.3) is 5.91 Å².